The molecule has 0 heterocycles. The van der Waals surface area contributed by atoms with E-state index in [-0.39, 0.29) is 17.0 Å². The van der Waals surface area contributed by atoms with Gasteiger partial charge in [0, 0.05) is 17.5 Å². The van der Waals surface area contributed by atoms with E-state index in [0.29, 0.717) is 18.5 Å². The normalized spacial score (nSPS) is 13.7. The summed E-state index contributed by atoms with van der Waals surface area (Å²) in [6, 6.07) is 0. The number of carbonyl (C=O) groups excluding carboxylic acids is 1. The molecule has 0 rings (SSSR count). The van der Waals surface area contributed by atoms with Crippen LogP contribution in [0.1, 0.15) is 73.1 Å². The topological polar surface area (TPSA) is 87.4 Å². The van der Waals surface area contributed by atoms with Gasteiger partial charge in [0.15, 0.2) is 0 Å². The van der Waals surface area contributed by atoms with Gasteiger partial charge in [-0.2, -0.15) is 0 Å². The summed E-state index contributed by atoms with van der Waals surface area (Å²) in [6.45, 7) is 14.4. The Balaban J connectivity index is 4.02. The highest BCUT2D eigenvalue weighted by molar-refractivity contribution is 5.76. The van der Waals surface area contributed by atoms with E-state index in [0.717, 1.165) is 32.1 Å². The first kappa shape index (κ1) is 22.1. The fourth-order valence-electron chi connectivity index (χ4n) is 2.46. The van der Waals surface area contributed by atoms with Gasteiger partial charge in [0.25, 0.3) is 0 Å². The average molecular weight is 328 g/mol. The zero-order valence-corrected chi connectivity index (χ0v) is 15.7. The van der Waals surface area contributed by atoms with E-state index in [4.69, 9.17) is 5.73 Å². The molecule has 0 saturated heterocycles. The fraction of sp³-hybridized carbons (Fsp3) is 0.833. The van der Waals surface area contributed by atoms with E-state index in [1.807, 2.05) is 13.8 Å². The van der Waals surface area contributed by atoms with Crippen LogP contribution in [0.25, 0.3) is 0 Å². The lowest BCUT2D eigenvalue weighted by atomic mass is 9.95. The molecule has 5 N–H and O–H groups in total. The predicted molar refractivity (Wildman–Crippen MR) is 97.0 cm³/mol. The van der Waals surface area contributed by atoms with Crippen LogP contribution in [0.2, 0.25) is 0 Å². The summed E-state index contributed by atoms with van der Waals surface area (Å²) < 4.78 is 0. The third kappa shape index (κ3) is 11.3. The number of hydrogen-bond acceptors (Lipinski definition) is 4. The van der Waals surface area contributed by atoms with Crippen LogP contribution in [-0.2, 0) is 4.79 Å². The zero-order chi connectivity index (χ0) is 18.1. The molecule has 0 aliphatic rings. The standard InChI is InChI=1S/C18H37N3O2/c1-14(2)16(23)21-18(5,6)11-8-7-10-15(22)20-17(3,4)12-9-13-19/h16,21,23H,1,7-13,19H2,2-6H3,(H,20,22). The Hall–Kier alpha value is -0.910. The summed E-state index contributed by atoms with van der Waals surface area (Å²) in [6.07, 6.45) is 4.32. The third-order valence-corrected chi connectivity index (χ3v) is 3.93. The second-order valence-corrected chi connectivity index (χ2v) is 7.81. The van der Waals surface area contributed by atoms with Crippen LogP contribution >= 0.6 is 0 Å². The van der Waals surface area contributed by atoms with Gasteiger partial charge in [-0.05, 0) is 72.4 Å². The Morgan fingerprint density at radius 2 is 1.70 bits per heavy atom. The first-order valence-corrected chi connectivity index (χ1v) is 8.61. The summed E-state index contributed by atoms with van der Waals surface area (Å²) in [7, 11) is 0. The first-order valence-electron chi connectivity index (χ1n) is 8.61. The van der Waals surface area contributed by atoms with Crippen molar-refractivity contribution in [1.82, 2.24) is 10.6 Å². The third-order valence-electron chi connectivity index (χ3n) is 3.93. The van der Waals surface area contributed by atoms with Crippen molar-refractivity contribution in [3.63, 3.8) is 0 Å². The van der Waals surface area contributed by atoms with Gasteiger partial charge in [0.05, 0.1) is 0 Å². The number of aliphatic hydroxyl groups is 1. The van der Waals surface area contributed by atoms with E-state index in [2.05, 4.69) is 31.1 Å². The molecule has 0 aromatic carbocycles. The molecule has 0 radical (unpaired) electrons. The number of hydrogen-bond donors (Lipinski definition) is 4. The van der Waals surface area contributed by atoms with Gasteiger partial charge in [-0.25, -0.2) is 0 Å². The maximum absolute atomic E-state index is 12.0. The van der Waals surface area contributed by atoms with E-state index >= 15 is 0 Å². The van der Waals surface area contributed by atoms with Crippen molar-refractivity contribution < 1.29 is 9.90 Å². The molecular formula is C18H37N3O2. The highest BCUT2D eigenvalue weighted by Gasteiger charge is 2.22. The van der Waals surface area contributed by atoms with Crippen molar-refractivity contribution in [2.45, 2.75) is 90.4 Å². The van der Waals surface area contributed by atoms with Crippen molar-refractivity contribution >= 4 is 5.91 Å². The quantitative estimate of drug-likeness (QED) is 0.252. The van der Waals surface area contributed by atoms with Gasteiger partial charge < -0.3 is 16.2 Å². The molecule has 0 aromatic heterocycles. The largest absolute Gasteiger partial charge is 0.375 e. The lowest BCUT2D eigenvalue weighted by molar-refractivity contribution is -0.122. The minimum absolute atomic E-state index is 0.0970. The van der Waals surface area contributed by atoms with Crippen LogP contribution in [0.5, 0.6) is 0 Å². The molecule has 1 atom stereocenters. The van der Waals surface area contributed by atoms with Crippen molar-refractivity contribution in [1.29, 1.82) is 0 Å². The number of nitrogens with two attached hydrogens (primary N) is 1. The summed E-state index contributed by atoms with van der Waals surface area (Å²) in [5.41, 5.74) is 5.85. The van der Waals surface area contributed by atoms with E-state index in [1.165, 1.54) is 0 Å². The average Bonchev–Trinajstić information content (AvgIpc) is 2.40. The van der Waals surface area contributed by atoms with Gasteiger partial charge >= 0.3 is 0 Å². The summed E-state index contributed by atoms with van der Waals surface area (Å²) >= 11 is 0. The maximum atomic E-state index is 12.0. The molecule has 23 heavy (non-hydrogen) atoms. The smallest absolute Gasteiger partial charge is 0.220 e. The van der Waals surface area contributed by atoms with E-state index < -0.39 is 6.23 Å². The Bertz CT molecular complexity index is 378. The summed E-state index contributed by atoms with van der Waals surface area (Å²) in [5, 5.41) is 16.0. The van der Waals surface area contributed by atoms with E-state index in [1.54, 1.807) is 6.92 Å². The molecule has 0 aliphatic heterocycles. The highest BCUT2D eigenvalue weighted by Crippen LogP contribution is 2.16. The highest BCUT2D eigenvalue weighted by atomic mass is 16.3. The van der Waals surface area contributed by atoms with Gasteiger partial charge in [-0.15, -0.1) is 0 Å². The second-order valence-electron chi connectivity index (χ2n) is 7.81. The van der Waals surface area contributed by atoms with Crippen LogP contribution in [0.3, 0.4) is 0 Å². The van der Waals surface area contributed by atoms with Gasteiger partial charge in [0.2, 0.25) is 5.91 Å². The molecule has 0 spiro atoms. The number of unbranched alkanes of at least 4 members (excludes halogenated alkanes) is 1. The molecule has 0 saturated carbocycles. The van der Waals surface area contributed by atoms with Crippen LogP contribution < -0.4 is 16.4 Å². The van der Waals surface area contributed by atoms with Gasteiger partial charge in [0.1, 0.15) is 6.23 Å². The van der Waals surface area contributed by atoms with Crippen LogP contribution in [0.15, 0.2) is 12.2 Å². The zero-order valence-electron chi connectivity index (χ0n) is 15.7. The number of nitrogens with one attached hydrogen (secondary N) is 2. The maximum Gasteiger partial charge on any atom is 0.220 e. The Morgan fingerprint density at radius 3 is 2.22 bits per heavy atom. The molecule has 0 aromatic rings. The Morgan fingerprint density at radius 1 is 1.13 bits per heavy atom. The lowest BCUT2D eigenvalue weighted by Crippen LogP contribution is -2.46. The molecule has 5 heteroatoms. The van der Waals surface area contributed by atoms with Crippen molar-refractivity contribution in [2.75, 3.05) is 6.54 Å². The Labute approximate surface area is 142 Å². The molecule has 0 fully saturated rings. The molecule has 0 bridgehead atoms. The molecule has 5 nitrogen and oxygen atoms in total. The second kappa shape index (κ2) is 10.1. The minimum Gasteiger partial charge on any atom is -0.375 e. The lowest BCUT2D eigenvalue weighted by Gasteiger charge is -2.30. The number of rotatable bonds is 12. The monoisotopic (exact) mass is 327 g/mol. The molecule has 1 unspecified atom stereocenters. The van der Waals surface area contributed by atoms with Gasteiger partial charge in [-0.3, -0.25) is 10.1 Å². The number of carbonyl (C=O) groups is 1. The first-order chi connectivity index (χ1) is 10.5. The minimum atomic E-state index is -0.684. The molecular weight excluding hydrogens is 290 g/mol. The SMILES string of the molecule is C=C(C)C(O)NC(C)(C)CCCCC(=O)NC(C)(C)CCCN. The molecule has 0 aliphatic carbocycles. The van der Waals surface area contributed by atoms with E-state index in [9.17, 15) is 9.90 Å². The molecule has 136 valence electrons. The number of aliphatic hydroxyl groups excluding tert-OH is 1. The summed E-state index contributed by atoms with van der Waals surface area (Å²) in [5.74, 6) is 0.0970. The van der Waals surface area contributed by atoms with Gasteiger partial charge in [-0.1, -0.05) is 13.0 Å². The van der Waals surface area contributed by atoms with Crippen LogP contribution in [0, 0.1) is 0 Å². The summed E-state index contributed by atoms with van der Waals surface area (Å²) in [4.78, 5) is 12.0. The van der Waals surface area contributed by atoms with Crippen LogP contribution in [-0.4, -0.2) is 34.9 Å². The predicted octanol–water partition coefficient (Wildman–Crippen LogP) is 2.44. The van der Waals surface area contributed by atoms with Crippen molar-refractivity contribution in [3.8, 4) is 0 Å². The number of amides is 1. The van der Waals surface area contributed by atoms with Crippen molar-refractivity contribution in [3.05, 3.63) is 12.2 Å². The Kier molecular flexibility index (Phi) is 9.66. The fourth-order valence-corrected chi connectivity index (χ4v) is 2.46. The van der Waals surface area contributed by atoms with Crippen molar-refractivity contribution in [2.24, 2.45) is 5.73 Å². The molecule has 1 amide bonds. The van der Waals surface area contributed by atoms with Crippen LogP contribution in [0.4, 0.5) is 0 Å².